The van der Waals surface area contributed by atoms with E-state index < -0.39 is 0 Å². The predicted octanol–water partition coefficient (Wildman–Crippen LogP) is 2.57. The Morgan fingerprint density at radius 3 is 2.71 bits per heavy atom. The van der Waals surface area contributed by atoms with Crippen LogP contribution in [0.3, 0.4) is 0 Å². The van der Waals surface area contributed by atoms with E-state index in [1.807, 2.05) is 0 Å². The summed E-state index contributed by atoms with van der Waals surface area (Å²) in [6, 6.07) is 9.60. The number of benzene rings is 1. The molecule has 1 aliphatic rings. The van der Waals surface area contributed by atoms with E-state index in [0.717, 1.165) is 19.1 Å². The van der Waals surface area contributed by atoms with E-state index >= 15 is 0 Å². The predicted molar refractivity (Wildman–Crippen MR) is 73.2 cm³/mol. The molecule has 2 rings (SSSR count). The highest BCUT2D eigenvalue weighted by atomic mass is 15.1. The van der Waals surface area contributed by atoms with E-state index in [-0.39, 0.29) is 0 Å². The molecule has 0 amide bonds. The van der Waals surface area contributed by atoms with Crippen LogP contribution in [0.1, 0.15) is 30.4 Å². The topological polar surface area (TPSA) is 15.3 Å². The van der Waals surface area contributed by atoms with Crippen LogP contribution in [0, 0.1) is 6.92 Å². The Kier molecular flexibility index (Phi) is 4.57. The molecule has 1 aromatic carbocycles. The smallest absolute Gasteiger partial charge is 0.0205 e. The molecule has 1 unspecified atom stereocenters. The molecule has 0 saturated carbocycles. The van der Waals surface area contributed by atoms with E-state index in [0.29, 0.717) is 0 Å². The minimum atomic E-state index is 0.806. The lowest BCUT2D eigenvalue weighted by molar-refractivity contribution is 0.293. The van der Waals surface area contributed by atoms with Gasteiger partial charge in [0.15, 0.2) is 0 Å². The summed E-state index contributed by atoms with van der Waals surface area (Å²) >= 11 is 0. The molecule has 2 nitrogen and oxygen atoms in total. The fourth-order valence-electron chi connectivity index (χ4n) is 2.55. The van der Waals surface area contributed by atoms with Gasteiger partial charge in [0.25, 0.3) is 0 Å². The second kappa shape index (κ2) is 6.18. The van der Waals surface area contributed by atoms with Gasteiger partial charge in [-0.3, -0.25) is 0 Å². The van der Waals surface area contributed by atoms with Crippen LogP contribution >= 0.6 is 0 Å². The maximum Gasteiger partial charge on any atom is 0.0205 e. The Hall–Kier alpha value is -0.860. The van der Waals surface area contributed by atoms with Crippen molar-refractivity contribution in [1.82, 2.24) is 10.2 Å². The first-order valence-corrected chi connectivity index (χ1v) is 6.72. The van der Waals surface area contributed by atoms with Gasteiger partial charge in [0.05, 0.1) is 0 Å². The van der Waals surface area contributed by atoms with Crippen molar-refractivity contribution in [3.8, 4) is 0 Å². The average Bonchev–Trinajstić information content (AvgIpc) is 2.73. The summed E-state index contributed by atoms with van der Waals surface area (Å²) in [5, 5.41) is 3.54. The van der Waals surface area contributed by atoms with Gasteiger partial charge in [-0.1, -0.05) is 29.8 Å². The van der Waals surface area contributed by atoms with Crippen molar-refractivity contribution >= 4 is 0 Å². The summed E-state index contributed by atoms with van der Waals surface area (Å²) < 4.78 is 0. The molecule has 17 heavy (non-hydrogen) atoms. The summed E-state index contributed by atoms with van der Waals surface area (Å²) in [7, 11) is 2.25. The zero-order valence-corrected chi connectivity index (χ0v) is 11.1. The lowest BCUT2D eigenvalue weighted by Gasteiger charge is -2.19. The number of hydrogen-bond donors (Lipinski definition) is 1. The first-order valence-electron chi connectivity index (χ1n) is 6.72. The quantitative estimate of drug-likeness (QED) is 0.785. The number of nitrogens with one attached hydrogen (secondary N) is 1. The molecule has 1 fully saturated rings. The van der Waals surface area contributed by atoms with Crippen LogP contribution in [0.15, 0.2) is 24.3 Å². The van der Waals surface area contributed by atoms with Crippen molar-refractivity contribution in [2.24, 2.45) is 0 Å². The molecule has 1 heterocycles. The standard InChI is InChI=1S/C15H24N2/c1-13-5-7-14(8-6-13)12-16-10-9-15-4-3-11-17(15)2/h5-8,15-16H,3-4,9-12H2,1-2H3. The largest absolute Gasteiger partial charge is 0.313 e. The first kappa shape index (κ1) is 12.6. The molecular weight excluding hydrogens is 208 g/mol. The van der Waals surface area contributed by atoms with E-state index in [9.17, 15) is 0 Å². The van der Waals surface area contributed by atoms with E-state index in [1.165, 1.54) is 36.9 Å². The van der Waals surface area contributed by atoms with Crippen LogP contribution in [0.25, 0.3) is 0 Å². The SMILES string of the molecule is Cc1ccc(CNCCC2CCCN2C)cc1. The molecule has 1 saturated heterocycles. The number of likely N-dealkylation sites (tertiary alicyclic amines) is 1. The average molecular weight is 232 g/mol. The molecule has 0 aliphatic carbocycles. The Labute approximate surface area is 105 Å². The minimum absolute atomic E-state index is 0.806. The molecule has 0 spiro atoms. The van der Waals surface area contributed by atoms with Crippen LogP contribution in [0.5, 0.6) is 0 Å². The molecular formula is C15H24N2. The minimum Gasteiger partial charge on any atom is -0.313 e. The number of hydrogen-bond acceptors (Lipinski definition) is 2. The first-order chi connectivity index (χ1) is 8.25. The van der Waals surface area contributed by atoms with Gasteiger partial charge in [-0.15, -0.1) is 0 Å². The Bertz CT molecular complexity index is 331. The maximum atomic E-state index is 3.54. The summed E-state index contributed by atoms with van der Waals surface area (Å²) in [6.45, 7) is 5.54. The normalized spacial score (nSPS) is 20.9. The van der Waals surface area contributed by atoms with E-state index in [2.05, 4.69) is 48.5 Å². The van der Waals surface area contributed by atoms with Gasteiger partial charge in [-0.2, -0.15) is 0 Å². The van der Waals surface area contributed by atoms with Crippen molar-refractivity contribution in [3.05, 3.63) is 35.4 Å². The van der Waals surface area contributed by atoms with Gasteiger partial charge in [-0.25, -0.2) is 0 Å². The number of aryl methyl sites for hydroxylation is 1. The van der Waals surface area contributed by atoms with Gasteiger partial charge < -0.3 is 10.2 Å². The van der Waals surface area contributed by atoms with Gasteiger partial charge >= 0.3 is 0 Å². The number of nitrogens with zero attached hydrogens (tertiary/aromatic N) is 1. The second-order valence-electron chi connectivity index (χ2n) is 5.23. The van der Waals surface area contributed by atoms with E-state index in [1.54, 1.807) is 0 Å². The van der Waals surface area contributed by atoms with Crippen LogP contribution in [-0.2, 0) is 6.54 Å². The zero-order valence-electron chi connectivity index (χ0n) is 11.1. The summed E-state index contributed by atoms with van der Waals surface area (Å²) in [5.74, 6) is 0. The lowest BCUT2D eigenvalue weighted by atomic mass is 10.1. The molecule has 1 N–H and O–H groups in total. The fourth-order valence-corrected chi connectivity index (χ4v) is 2.55. The molecule has 1 aromatic rings. The highest BCUT2D eigenvalue weighted by molar-refractivity contribution is 5.20. The summed E-state index contributed by atoms with van der Waals surface area (Å²) in [6.07, 6.45) is 4.03. The molecule has 0 radical (unpaired) electrons. The van der Waals surface area contributed by atoms with Gasteiger partial charge in [0.2, 0.25) is 0 Å². The van der Waals surface area contributed by atoms with Gasteiger partial charge in [-0.05, 0) is 51.9 Å². The molecule has 1 aliphatic heterocycles. The van der Waals surface area contributed by atoms with Crippen LogP contribution in [0.2, 0.25) is 0 Å². The maximum absolute atomic E-state index is 3.54. The van der Waals surface area contributed by atoms with Crippen molar-refractivity contribution in [1.29, 1.82) is 0 Å². The summed E-state index contributed by atoms with van der Waals surface area (Å²) in [5.41, 5.74) is 2.72. The Morgan fingerprint density at radius 2 is 2.06 bits per heavy atom. The van der Waals surface area contributed by atoms with Crippen molar-refractivity contribution < 1.29 is 0 Å². The summed E-state index contributed by atoms with van der Waals surface area (Å²) in [4.78, 5) is 2.49. The van der Waals surface area contributed by atoms with Crippen molar-refractivity contribution in [2.75, 3.05) is 20.1 Å². The fraction of sp³-hybridized carbons (Fsp3) is 0.600. The third-order valence-corrected chi connectivity index (χ3v) is 3.78. The Balaban J connectivity index is 1.64. The van der Waals surface area contributed by atoms with Crippen LogP contribution in [-0.4, -0.2) is 31.1 Å². The second-order valence-corrected chi connectivity index (χ2v) is 5.23. The third kappa shape index (κ3) is 3.83. The molecule has 0 aromatic heterocycles. The zero-order chi connectivity index (χ0) is 12.1. The lowest BCUT2D eigenvalue weighted by Crippen LogP contribution is -2.28. The monoisotopic (exact) mass is 232 g/mol. The third-order valence-electron chi connectivity index (χ3n) is 3.78. The van der Waals surface area contributed by atoms with Crippen molar-refractivity contribution in [3.63, 3.8) is 0 Å². The molecule has 0 bridgehead atoms. The van der Waals surface area contributed by atoms with Gasteiger partial charge in [0.1, 0.15) is 0 Å². The molecule has 1 atom stereocenters. The Morgan fingerprint density at radius 1 is 1.29 bits per heavy atom. The molecule has 94 valence electrons. The highest BCUT2D eigenvalue weighted by Gasteiger charge is 2.19. The van der Waals surface area contributed by atoms with E-state index in [4.69, 9.17) is 0 Å². The number of rotatable bonds is 5. The van der Waals surface area contributed by atoms with Crippen LogP contribution in [0.4, 0.5) is 0 Å². The van der Waals surface area contributed by atoms with Crippen molar-refractivity contribution in [2.45, 2.75) is 38.8 Å². The molecule has 2 heteroatoms. The highest BCUT2D eigenvalue weighted by Crippen LogP contribution is 2.17. The van der Waals surface area contributed by atoms with Gasteiger partial charge in [0, 0.05) is 12.6 Å². The van der Waals surface area contributed by atoms with Crippen LogP contribution < -0.4 is 5.32 Å².